The second kappa shape index (κ2) is 5.58. The van der Waals surface area contributed by atoms with Gasteiger partial charge in [-0.1, -0.05) is 6.07 Å². The summed E-state index contributed by atoms with van der Waals surface area (Å²) in [6, 6.07) is 3.98. The van der Waals surface area contributed by atoms with Crippen LogP contribution in [0.2, 0.25) is 0 Å². The Balaban J connectivity index is 2.97. The lowest BCUT2D eigenvalue weighted by molar-refractivity contribution is 0.141. The van der Waals surface area contributed by atoms with Crippen LogP contribution in [-0.2, 0) is 11.3 Å². The fourth-order valence-corrected chi connectivity index (χ4v) is 1.55. The van der Waals surface area contributed by atoms with Gasteiger partial charge in [0.1, 0.15) is 0 Å². The third kappa shape index (κ3) is 2.84. The summed E-state index contributed by atoms with van der Waals surface area (Å²) in [6.45, 7) is 2.48. The van der Waals surface area contributed by atoms with Crippen LogP contribution in [0, 0.1) is 6.92 Å². The summed E-state index contributed by atoms with van der Waals surface area (Å²) in [6.07, 6.45) is 0.762. The molecule has 0 unspecified atom stereocenters. The van der Waals surface area contributed by atoms with Crippen molar-refractivity contribution in [1.29, 1.82) is 0 Å². The molecule has 0 atom stereocenters. The van der Waals surface area contributed by atoms with Crippen LogP contribution >= 0.6 is 0 Å². The molecule has 0 aromatic heterocycles. The molecule has 0 aliphatic carbocycles. The molecule has 0 saturated heterocycles. The number of hydrogen-bond donors (Lipinski definition) is 1. The van der Waals surface area contributed by atoms with E-state index in [0.717, 1.165) is 29.0 Å². The summed E-state index contributed by atoms with van der Waals surface area (Å²) in [5, 5.41) is 0. The highest BCUT2D eigenvalue weighted by Gasteiger charge is 2.08. The van der Waals surface area contributed by atoms with Crippen molar-refractivity contribution in [3.8, 4) is 11.5 Å². The van der Waals surface area contributed by atoms with Crippen molar-refractivity contribution in [2.24, 2.45) is 5.90 Å². The number of nitrogens with two attached hydrogens (primary N) is 1. The fraction of sp³-hybridized carbons (Fsp3) is 0.455. The van der Waals surface area contributed by atoms with Crippen LogP contribution in [0.15, 0.2) is 12.1 Å². The van der Waals surface area contributed by atoms with Crippen molar-refractivity contribution < 1.29 is 14.3 Å². The van der Waals surface area contributed by atoms with Gasteiger partial charge < -0.3 is 14.3 Å². The minimum Gasteiger partial charge on any atom is -0.493 e. The zero-order chi connectivity index (χ0) is 11.3. The maximum Gasteiger partial charge on any atom is 0.163 e. The van der Waals surface area contributed by atoms with Crippen LogP contribution in [0.5, 0.6) is 11.5 Å². The van der Waals surface area contributed by atoms with Gasteiger partial charge in [0, 0.05) is 0 Å². The van der Waals surface area contributed by atoms with E-state index in [9.17, 15) is 0 Å². The SMILES string of the molecule is COc1cc(CCON)cc(C)c1OC. The van der Waals surface area contributed by atoms with E-state index in [1.54, 1.807) is 14.2 Å². The average Bonchev–Trinajstić information content (AvgIpc) is 2.25. The van der Waals surface area contributed by atoms with Crippen molar-refractivity contribution >= 4 is 0 Å². The Labute approximate surface area is 89.9 Å². The number of aryl methyl sites for hydroxylation is 1. The molecule has 0 amide bonds. The summed E-state index contributed by atoms with van der Waals surface area (Å²) < 4.78 is 10.5. The molecule has 84 valence electrons. The van der Waals surface area contributed by atoms with Gasteiger partial charge in [-0.05, 0) is 30.5 Å². The van der Waals surface area contributed by atoms with Gasteiger partial charge in [-0.2, -0.15) is 0 Å². The van der Waals surface area contributed by atoms with Gasteiger partial charge in [-0.25, -0.2) is 5.90 Å². The number of methoxy groups -OCH3 is 2. The lowest BCUT2D eigenvalue weighted by atomic mass is 10.1. The van der Waals surface area contributed by atoms with E-state index in [0.29, 0.717) is 6.61 Å². The van der Waals surface area contributed by atoms with Gasteiger partial charge in [0.05, 0.1) is 20.8 Å². The summed E-state index contributed by atoms with van der Waals surface area (Å²) in [4.78, 5) is 4.54. The van der Waals surface area contributed by atoms with Crippen molar-refractivity contribution in [1.82, 2.24) is 0 Å². The molecule has 1 rings (SSSR count). The Morgan fingerprint density at radius 3 is 2.47 bits per heavy atom. The molecule has 1 aromatic rings. The van der Waals surface area contributed by atoms with Gasteiger partial charge in [0.25, 0.3) is 0 Å². The predicted octanol–water partition coefficient (Wildman–Crippen LogP) is 1.45. The van der Waals surface area contributed by atoms with Crippen LogP contribution < -0.4 is 15.4 Å². The molecule has 2 N–H and O–H groups in total. The fourth-order valence-electron chi connectivity index (χ4n) is 1.55. The minimum atomic E-state index is 0.495. The lowest BCUT2D eigenvalue weighted by Gasteiger charge is -2.12. The quantitative estimate of drug-likeness (QED) is 0.749. The van der Waals surface area contributed by atoms with Gasteiger partial charge in [-0.15, -0.1) is 0 Å². The summed E-state index contributed by atoms with van der Waals surface area (Å²) in [5.41, 5.74) is 2.17. The second-order valence-corrected chi connectivity index (χ2v) is 3.27. The number of benzene rings is 1. The predicted molar refractivity (Wildman–Crippen MR) is 58.1 cm³/mol. The summed E-state index contributed by atoms with van der Waals surface area (Å²) in [5.74, 6) is 6.50. The first-order valence-electron chi connectivity index (χ1n) is 4.76. The van der Waals surface area contributed by atoms with Crippen molar-refractivity contribution in [3.63, 3.8) is 0 Å². The normalized spacial score (nSPS) is 10.1. The van der Waals surface area contributed by atoms with Crippen LogP contribution in [-0.4, -0.2) is 20.8 Å². The summed E-state index contributed by atoms with van der Waals surface area (Å²) in [7, 11) is 3.26. The minimum absolute atomic E-state index is 0.495. The molecule has 0 bridgehead atoms. The first-order valence-corrected chi connectivity index (χ1v) is 4.76. The average molecular weight is 211 g/mol. The summed E-state index contributed by atoms with van der Waals surface area (Å²) >= 11 is 0. The molecule has 4 heteroatoms. The molecule has 0 heterocycles. The first kappa shape index (κ1) is 11.8. The third-order valence-corrected chi connectivity index (χ3v) is 2.23. The van der Waals surface area contributed by atoms with E-state index in [1.165, 1.54) is 0 Å². The van der Waals surface area contributed by atoms with Gasteiger partial charge in [0.15, 0.2) is 11.5 Å². The zero-order valence-corrected chi connectivity index (χ0v) is 9.37. The number of hydrogen-bond acceptors (Lipinski definition) is 4. The Kier molecular flexibility index (Phi) is 4.39. The van der Waals surface area contributed by atoms with E-state index in [2.05, 4.69) is 4.84 Å². The van der Waals surface area contributed by atoms with Crippen LogP contribution in [0.1, 0.15) is 11.1 Å². The number of ether oxygens (including phenoxy) is 2. The van der Waals surface area contributed by atoms with Crippen LogP contribution in [0.25, 0.3) is 0 Å². The maximum atomic E-state index is 5.25. The van der Waals surface area contributed by atoms with Gasteiger partial charge in [-0.3, -0.25) is 0 Å². The van der Waals surface area contributed by atoms with Crippen LogP contribution in [0.4, 0.5) is 0 Å². The highest BCUT2D eigenvalue weighted by atomic mass is 16.6. The zero-order valence-electron chi connectivity index (χ0n) is 9.37. The van der Waals surface area contributed by atoms with Gasteiger partial charge >= 0.3 is 0 Å². The number of rotatable bonds is 5. The third-order valence-electron chi connectivity index (χ3n) is 2.23. The largest absolute Gasteiger partial charge is 0.493 e. The molecule has 0 fully saturated rings. The standard InChI is InChI=1S/C11H17NO3/c1-8-6-9(4-5-15-12)7-10(13-2)11(8)14-3/h6-7H,4-5,12H2,1-3H3. The maximum absolute atomic E-state index is 5.25. The lowest BCUT2D eigenvalue weighted by Crippen LogP contribution is -2.04. The molecule has 15 heavy (non-hydrogen) atoms. The van der Waals surface area contributed by atoms with Gasteiger partial charge in [0.2, 0.25) is 0 Å². The molecule has 0 saturated carbocycles. The topological polar surface area (TPSA) is 53.7 Å². The Hall–Kier alpha value is -1.26. The van der Waals surface area contributed by atoms with Crippen molar-refractivity contribution in [2.75, 3.05) is 20.8 Å². The van der Waals surface area contributed by atoms with Crippen molar-refractivity contribution in [2.45, 2.75) is 13.3 Å². The molecule has 1 aromatic carbocycles. The molecular weight excluding hydrogens is 194 g/mol. The molecule has 0 aliphatic rings. The highest BCUT2D eigenvalue weighted by Crippen LogP contribution is 2.31. The molecular formula is C11H17NO3. The second-order valence-electron chi connectivity index (χ2n) is 3.27. The van der Waals surface area contributed by atoms with E-state index < -0.39 is 0 Å². The van der Waals surface area contributed by atoms with E-state index in [4.69, 9.17) is 15.4 Å². The Bertz CT molecular complexity index is 326. The monoisotopic (exact) mass is 211 g/mol. The molecule has 4 nitrogen and oxygen atoms in total. The van der Waals surface area contributed by atoms with E-state index in [1.807, 2.05) is 19.1 Å². The molecule has 0 spiro atoms. The van der Waals surface area contributed by atoms with E-state index >= 15 is 0 Å². The molecule has 0 aliphatic heterocycles. The Morgan fingerprint density at radius 2 is 1.93 bits per heavy atom. The highest BCUT2D eigenvalue weighted by molar-refractivity contribution is 5.48. The Morgan fingerprint density at radius 1 is 1.20 bits per heavy atom. The first-order chi connectivity index (χ1) is 7.22. The van der Waals surface area contributed by atoms with Crippen LogP contribution in [0.3, 0.4) is 0 Å². The smallest absolute Gasteiger partial charge is 0.163 e. The van der Waals surface area contributed by atoms with Crippen molar-refractivity contribution in [3.05, 3.63) is 23.3 Å². The van der Waals surface area contributed by atoms with E-state index in [-0.39, 0.29) is 0 Å². The molecule has 0 radical (unpaired) electrons.